The fourth-order valence-corrected chi connectivity index (χ4v) is 2.47. The lowest BCUT2D eigenvalue weighted by molar-refractivity contribution is -0.138. The van der Waals surface area contributed by atoms with Gasteiger partial charge in [-0.3, -0.25) is 0 Å². The molecule has 1 aliphatic heterocycles. The van der Waals surface area contributed by atoms with Crippen LogP contribution in [0.2, 0.25) is 0 Å². The standard InChI is InChI=1S/C19H30N2O3/c1-3-4-5-6-7-8-9-10-14-24-19(22)17(16-20)11-12-18-21(2)13-15-23-18/h11-12H,3-10,13-15H2,1-2H3/b17-11+,18-12+. The van der Waals surface area contributed by atoms with Gasteiger partial charge in [0.05, 0.1) is 13.2 Å². The van der Waals surface area contributed by atoms with Crippen molar-refractivity contribution in [1.82, 2.24) is 4.90 Å². The Kier molecular flexibility index (Phi) is 10.4. The third kappa shape index (κ3) is 8.05. The zero-order chi connectivity index (χ0) is 17.6. The number of carbonyl (C=O) groups is 1. The first-order chi connectivity index (χ1) is 11.7. The van der Waals surface area contributed by atoms with Gasteiger partial charge in [0.2, 0.25) is 0 Å². The zero-order valence-corrected chi connectivity index (χ0v) is 15.1. The molecule has 0 aromatic carbocycles. The normalized spacial score (nSPS) is 16.1. The second-order valence-electron chi connectivity index (χ2n) is 6.08. The molecule has 134 valence electrons. The van der Waals surface area contributed by atoms with E-state index >= 15 is 0 Å². The highest BCUT2D eigenvalue weighted by molar-refractivity contribution is 5.93. The molecule has 5 nitrogen and oxygen atoms in total. The molecule has 0 amide bonds. The van der Waals surface area contributed by atoms with Gasteiger partial charge in [0.1, 0.15) is 18.2 Å². The molecule has 0 aromatic heterocycles. The molecule has 0 atom stereocenters. The SMILES string of the molecule is CCCCCCCCCCOC(=O)/C(C#N)=C/C=C1/OCCN1C. The quantitative estimate of drug-likeness (QED) is 0.248. The molecule has 0 aromatic rings. The van der Waals surface area contributed by atoms with E-state index in [4.69, 9.17) is 14.7 Å². The van der Waals surface area contributed by atoms with Crippen LogP contribution in [0.25, 0.3) is 0 Å². The molecule has 1 rings (SSSR count). The summed E-state index contributed by atoms with van der Waals surface area (Å²) in [5.74, 6) is 0.108. The number of nitriles is 1. The minimum atomic E-state index is -0.557. The number of esters is 1. The number of rotatable bonds is 11. The molecule has 1 aliphatic rings. The summed E-state index contributed by atoms with van der Waals surface area (Å²) >= 11 is 0. The molecule has 0 bridgehead atoms. The molecule has 0 N–H and O–H groups in total. The molecule has 5 heteroatoms. The molecular weight excluding hydrogens is 304 g/mol. The van der Waals surface area contributed by atoms with E-state index in [1.54, 1.807) is 6.08 Å². The Morgan fingerprint density at radius 2 is 1.92 bits per heavy atom. The first-order valence-corrected chi connectivity index (χ1v) is 9.02. The van der Waals surface area contributed by atoms with Gasteiger partial charge in [-0.1, -0.05) is 51.9 Å². The van der Waals surface area contributed by atoms with Crippen molar-refractivity contribution in [2.24, 2.45) is 0 Å². The molecule has 0 spiro atoms. The first-order valence-electron chi connectivity index (χ1n) is 9.02. The molecule has 0 unspecified atom stereocenters. The molecular formula is C19H30N2O3. The van der Waals surface area contributed by atoms with Crippen LogP contribution in [0.3, 0.4) is 0 Å². The highest BCUT2D eigenvalue weighted by Gasteiger charge is 2.14. The second kappa shape index (κ2) is 12.5. The van der Waals surface area contributed by atoms with Crippen molar-refractivity contribution in [3.8, 4) is 6.07 Å². The van der Waals surface area contributed by atoms with Crippen LogP contribution in [-0.2, 0) is 14.3 Å². The second-order valence-corrected chi connectivity index (χ2v) is 6.08. The molecule has 0 radical (unpaired) electrons. The van der Waals surface area contributed by atoms with Crippen LogP contribution in [0.5, 0.6) is 0 Å². The summed E-state index contributed by atoms with van der Waals surface area (Å²) in [4.78, 5) is 13.8. The Morgan fingerprint density at radius 1 is 1.25 bits per heavy atom. The van der Waals surface area contributed by atoms with Gasteiger partial charge >= 0.3 is 5.97 Å². The van der Waals surface area contributed by atoms with E-state index in [2.05, 4.69) is 6.92 Å². The van der Waals surface area contributed by atoms with Crippen molar-refractivity contribution >= 4 is 5.97 Å². The molecule has 0 aliphatic carbocycles. The highest BCUT2D eigenvalue weighted by atomic mass is 16.5. The summed E-state index contributed by atoms with van der Waals surface area (Å²) < 4.78 is 10.6. The third-order valence-electron chi connectivity index (χ3n) is 4.02. The molecule has 0 saturated carbocycles. The van der Waals surface area contributed by atoms with Crippen LogP contribution < -0.4 is 0 Å². The fraction of sp³-hybridized carbons (Fsp3) is 0.684. The minimum absolute atomic E-state index is 0.00552. The Balaban J connectivity index is 2.20. The van der Waals surface area contributed by atoms with Gasteiger partial charge in [0, 0.05) is 7.05 Å². The highest BCUT2D eigenvalue weighted by Crippen LogP contribution is 2.12. The van der Waals surface area contributed by atoms with Crippen molar-refractivity contribution < 1.29 is 14.3 Å². The summed E-state index contributed by atoms with van der Waals surface area (Å²) in [5.41, 5.74) is 0.00552. The van der Waals surface area contributed by atoms with E-state index in [0.29, 0.717) is 19.1 Å². The van der Waals surface area contributed by atoms with Crippen molar-refractivity contribution in [3.63, 3.8) is 0 Å². The van der Waals surface area contributed by atoms with Crippen LogP contribution in [0.4, 0.5) is 0 Å². The van der Waals surface area contributed by atoms with Gasteiger partial charge in [-0.05, 0) is 18.6 Å². The van der Waals surface area contributed by atoms with Gasteiger partial charge < -0.3 is 14.4 Å². The molecule has 24 heavy (non-hydrogen) atoms. The Labute approximate surface area is 145 Å². The van der Waals surface area contributed by atoms with Gasteiger partial charge in [-0.15, -0.1) is 0 Å². The maximum absolute atomic E-state index is 11.9. The maximum Gasteiger partial charge on any atom is 0.348 e. The van der Waals surface area contributed by atoms with Crippen LogP contribution in [0, 0.1) is 11.3 Å². The lowest BCUT2D eigenvalue weighted by Crippen LogP contribution is -2.11. The number of hydrogen-bond acceptors (Lipinski definition) is 5. The molecule has 1 heterocycles. The van der Waals surface area contributed by atoms with E-state index in [-0.39, 0.29) is 5.57 Å². The van der Waals surface area contributed by atoms with E-state index in [0.717, 1.165) is 19.4 Å². The van der Waals surface area contributed by atoms with Gasteiger partial charge in [0.15, 0.2) is 5.88 Å². The number of unbranched alkanes of at least 4 members (excludes halogenated alkanes) is 7. The average molecular weight is 334 g/mol. The summed E-state index contributed by atoms with van der Waals surface area (Å²) in [6.45, 7) is 4.03. The van der Waals surface area contributed by atoms with Crippen LogP contribution in [0.15, 0.2) is 23.6 Å². The zero-order valence-electron chi connectivity index (χ0n) is 15.1. The fourth-order valence-electron chi connectivity index (χ4n) is 2.47. The van der Waals surface area contributed by atoms with Crippen LogP contribution in [0.1, 0.15) is 58.3 Å². The van der Waals surface area contributed by atoms with Crippen molar-refractivity contribution in [2.75, 3.05) is 26.8 Å². The van der Waals surface area contributed by atoms with Gasteiger partial charge in [0.25, 0.3) is 0 Å². The molecule has 1 fully saturated rings. The number of allylic oxidation sites excluding steroid dienone is 2. The van der Waals surface area contributed by atoms with Crippen molar-refractivity contribution in [1.29, 1.82) is 5.26 Å². The summed E-state index contributed by atoms with van der Waals surface area (Å²) in [7, 11) is 1.90. The largest absolute Gasteiger partial charge is 0.477 e. The average Bonchev–Trinajstić information content (AvgIpc) is 2.99. The monoisotopic (exact) mass is 334 g/mol. The summed E-state index contributed by atoms with van der Waals surface area (Å²) in [5, 5.41) is 9.08. The Bertz CT molecular complexity index is 477. The summed E-state index contributed by atoms with van der Waals surface area (Å²) in [6, 6.07) is 1.89. The Hall–Kier alpha value is -1.96. The third-order valence-corrected chi connectivity index (χ3v) is 4.02. The number of ether oxygens (including phenoxy) is 2. The van der Waals surface area contributed by atoms with E-state index in [1.807, 2.05) is 18.0 Å². The van der Waals surface area contributed by atoms with Crippen LogP contribution >= 0.6 is 0 Å². The first kappa shape index (κ1) is 20.1. The molecule has 1 saturated heterocycles. The number of hydrogen-bond donors (Lipinski definition) is 0. The number of likely N-dealkylation sites (N-methyl/N-ethyl adjacent to an activating group) is 1. The topological polar surface area (TPSA) is 62.6 Å². The number of nitrogens with zero attached hydrogens (tertiary/aromatic N) is 2. The predicted molar refractivity (Wildman–Crippen MR) is 93.9 cm³/mol. The van der Waals surface area contributed by atoms with E-state index in [9.17, 15) is 4.79 Å². The van der Waals surface area contributed by atoms with E-state index < -0.39 is 5.97 Å². The van der Waals surface area contributed by atoms with Crippen molar-refractivity contribution in [2.45, 2.75) is 58.3 Å². The van der Waals surface area contributed by atoms with Gasteiger partial charge in [-0.2, -0.15) is 5.26 Å². The predicted octanol–water partition coefficient (Wildman–Crippen LogP) is 3.92. The number of carbonyl (C=O) groups excluding carboxylic acids is 1. The minimum Gasteiger partial charge on any atom is -0.477 e. The maximum atomic E-state index is 11.9. The van der Waals surface area contributed by atoms with Gasteiger partial charge in [-0.25, -0.2) is 4.79 Å². The van der Waals surface area contributed by atoms with Crippen molar-refractivity contribution in [3.05, 3.63) is 23.6 Å². The summed E-state index contributed by atoms with van der Waals surface area (Å²) in [6.07, 6.45) is 12.6. The Morgan fingerprint density at radius 3 is 2.50 bits per heavy atom. The smallest absolute Gasteiger partial charge is 0.348 e. The van der Waals surface area contributed by atoms with E-state index in [1.165, 1.54) is 44.6 Å². The van der Waals surface area contributed by atoms with Crippen LogP contribution in [-0.4, -0.2) is 37.7 Å². The lowest BCUT2D eigenvalue weighted by Gasteiger charge is -2.08. The lowest BCUT2D eigenvalue weighted by atomic mass is 10.1.